The lowest BCUT2D eigenvalue weighted by Gasteiger charge is -2.06. The molecule has 0 aliphatic carbocycles. The average molecular weight is 332 g/mol. The van der Waals surface area contributed by atoms with Crippen LogP contribution in [0.3, 0.4) is 0 Å². The lowest BCUT2D eigenvalue weighted by atomic mass is 10.1. The summed E-state index contributed by atoms with van der Waals surface area (Å²) in [6.07, 6.45) is 2.18. The van der Waals surface area contributed by atoms with E-state index in [9.17, 15) is 4.79 Å². The van der Waals surface area contributed by atoms with Gasteiger partial charge >= 0.3 is 0 Å². The molecule has 7 nitrogen and oxygen atoms in total. The highest BCUT2D eigenvalue weighted by Gasteiger charge is 2.10. The van der Waals surface area contributed by atoms with Gasteiger partial charge in [-0.25, -0.2) is 0 Å². The fourth-order valence-corrected chi connectivity index (χ4v) is 2.79. The van der Waals surface area contributed by atoms with Gasteiger partial charge < -0.3 is 10.3 Å². The van der Waals surface area contributed by atoms with Crippen molar-refractivity contribution in [2.75, 3.05) is 5.32 Å². The van der Waals surface area contributed by atoms with Crippen molar-refractivity contribution in [3.8, 4) is 11.4 Å². The number of nitrogens with one attached hydrogen (secondary N) is 2. The molecule has 0 aliphatic heterocycles. The van der Waals surface area contributed by atoms with Crippen molar-refractivity contribution in [3.63, 3.8) is 0 Å². The molecule has 7 heteroatoms. The first-order valence-corrected chi connectivity index (χ1v) is 7.88. The van der Waals surface area contributed by atoms with Crippen LogP contribution >= 0.6 is 0 Å². The van der Waals surface area contributed by atoms with Crippen molar-refractivity contribution in [2.45, 2.75) is 6.42 Å². The molecule has 4 aromatic rings. The van der Waals surface area contributed by atoms with E-state index in [1.165, 1.54) is 4.80 Å². The van der Waals surface area contributed by atoms with Crippen molar-refractivity contribution in [3.05, 3.63) is 60.3 Å². The molecule has 0 bridgehead atoms. The summed E-state index contributed by atoms with van der Waals surface area (Å²) < 4.78 is 0. The van der Waals surface area contributed by atoms with Crippen LogP contribution in [-0.2, 0) is 18.3 Å². The van der Waals surface area contributed by atoms with E-state index < -0.39 is 0 Å². The minimum Gasteiger partial charge on any atom is -0.361 e. The number of H-pyrrole nitrogens is 1. The number of fused-ring (bicyclic) bond motifs is 1. The van der Waals surface area contributed by atoms with Crippen LogP contribution < -0.4 is 5.32 Å². The number of tetrazole rings is 1. The zero-order chi connectivity index (χ0) is 17.2. The molecule has 2 aromatic heterocycles. The molecule has 2 N–H and O–H groups in total. The van der Waals surface area contributed by atoms with Crippen LogP contribution in [0.4, 0.5) is 5.69 Å². The van der Waals surface area contributed by atoms with Gasteiger partial charge in [0.15, 0.2) is 0 Å². The highest BCUT2D eigenvalue weighted by Crippen LogP contribution is 2.21. The van der Waals surface area contributed by atoms with E-state index in [-0.39, 0.29) is 5.91 Å². The lowest BCUT2D eigenvalue weighted by molar-refractivity contribution is -0.115. The van der Waals surface area contributed by atoms with Gasteiger partial charge in [-0.15, -0.1) is 10.2 Å². The molecule has 0 atom stereocenters. The van der Waals surface area contributed by atoms with Crippen LogP contribution in [0.25, 0.3) is 22.3 Å². The number of hydrogen-bond acceptors (Lipinski definition) is 4. The van der Waals surface area contributed by atoms with Gasteiger partial charge in [-0.2, -0.15) is 4.80 Å². The Morgan fingerprint density at radius 1 is 1.20 bits per heavy atom. The van der Waals surface area contributed by atoms with Gasteiger partial charge in [0.05, 0.1) is 13.5 Å². The number of rotatable bonds is 4. The number of nitrogens with zero attached hydrogens (tertiary/aromatic N) is 4. The molecule has 0 spiro atoms. The Morgan fingerprint density at radius 2 is 2.08 bits per heavy atom. The van der Waals surface area contributed by atoms with Gasteiger partial charge in [-0.3, -0.25) is 4.79 Å². The van der Waals surface area contributed by atoms with Gasteiger partial charge in [0.1, 0.15) is 0 Å². The van der Waals surface area contributed by atoms with E-state index in [1.807, 2.05) is 54.7 Å². The number of amides is 1. The number of para-hydroxylation sites is 1. The van der Waals surface area contributed by atoms with E-state index in [0.29, 0.717) is 17.9 Å². The molecular weight excluding hydrogens is 316 g/mol. The number of hydrogen-bond donors (Lipinski definition) is 2. The number of carbonyl (C=O) groups is 1. The molecule has 2 aromatic carbocycles. The van der Waals surface area contributed by atoms with E-state index >= 15 is 0 Å². The molecule has 0 radical (unpaired) electrons. The van der Waals surface area contributed by atoms with Crippen molar-refractivity contribution in [1.82, 2.24) is 25.2 Å². The van der Waals surface area contributed by atoms with Crippen molar-refractivity contribution in [1.29, 1.82) is 0 Å². The van der Waals surface area contributed by atoms with Crippen LogP contribution in [-0.4, -0.2) is 31.1 Å². The first-order valence-electron chi connectivity index (χ1n) is 7.88. The Kier molecular flexibility index (Phi) is 3.74. The molecule has 0 aliphatic rings. The van der Waals surface area contributed by atoms with Crippen molar-refractivity contribution >= 4 is 22.5 Å². The summed E-state index contributed by atoms with van der Waals surface area (Å²) in [6.45, 7) is 0. The van der Waals surface area contributed by atoms with Gasteiger partial charge in [-0.05, 0) is 29.0 Å². The normalized spacial score (nSPS) is 10.9. The maximum absolute atomic E-state index is 12.4. The number of carbonyl (C=O) groups excluding carboxylic acids is 1. The van der Waals surface area contributed by atoms with Crippen LogP contribution in [0.1, 0.15) is 5.56 Å². The summed E-state index contributed by atoms with van der Waals surface area (Å²) in [6, 6.07) is 15.4. The molecule has 0 unspecified atom stereocenters. The molecule has 0 saturated carbocycles. The fourth-order valence-electron chi connectivity index (χ4n) is 2.79. The predicted molar refractivity (Wildman–Crippen MR) is 94.9 cm³/mol. The first-order chi connectivity index (χ1) is 12.2. The fraction of sp³-hybridized carbons (Fsp3) is 0.111. The second-order valence-electron chi connectivity index (χ2n) is 5.77. The standard InChI is InChI=1S/C18H16N6O/c1-24-22-18(21-23-24)12-5-4-6-14(9-12)20-17(25)10-13-11-19-16-8-3-2-7-15(13)16/h2-9,11,19H,10H2,1H3,(H,20,25). The van der Waals surface area contributed by atoms with E-state index in [2.05, 4.69) is 25.7 Å². The molecule has 124 valence electrons. The third-order valence-electron chi connectivity index (χ3n) is 3.94. The first kappa shape index (κ1) is 15.1. The molecule has 0 saturated heterocycles. The van der Waals surface area contributed by atoms with Crippen LogP contribution in [0.2, 0.25) is 0 Å². The smallest absolute Gasteiger partial charge is 0.228 e. The molecule has 4 rings (SSSR count). The zero-order valence-electron chi connectivity index (χ0n) is 13.6. The Morgan fingerprint density at radius 3 is 2.92 bits per heavy atom. The Bertz CT molecular complexity index is 1050. The SMILES string of the molecule is Cn1nnc(-c2cccc(NC(=O)Cc3c[nH]c4ccccc34)c2)n1. The van der Waals surface area contributed by atoms with Gasteiger partial charge in [0.2, 0.25) is 11.7 Å². The number of aromatic nitrogens is 5. The Labute approximate surface area is 143 Å². The van der Waals surface area contributed by atoms with E-state index in [4.69, 9.17) is 0 Å². The van der Waals surface area contributed by atoms with E-state index in [1.54, 1.807) is 7.05 Å². The molecule has 0 fully saturated rings. The molecule has 25 heavy (non-hydrogen) atoms. The number of benzene rings is 2. The summed E-state index contributed by atoms with van der Waals surface area (Å²) in [4.78, 5) is 17.0. The summed E-state index contributed by atoms with van der Waals surface area (Å²) in [7, 11) is 1.71. The Hall–Kier alpha value is -3.48. The van der Waals surface area contributed by atoms with Crippen LogP contribution in [0.15, 0.2) is 54.7 Å². The van der Waals surface area contributed by atoms with Gasteiger partial charge in [0, 0.05) is 28.4 Å². The topological polar surface area (TPSA) is 88.5 Å². The Balaban J connectivity index is 1.51. The summed E-state index contributed by atoms with van der Waals surface area (Å²) >= 11 is 0. The minimum atomic E-state index is -0.0750. The van der Waals surface area contributed by atoms with Crippen molar-refractivity contribution < 1.29 is 4.79 Å². The van der Waals surface area contributed by atoms with Gasteiger partial charge in [0.25, 0.3) is 0 Å². The monoisotopic (exact) mass is 332 g/mol. The largest absolute Gasteiger partial charge is 0.361 e. The van der Waals surface area contributed by atoms with Gasteiger partial charge in [-0.1, -0.05) is 30.3 Å². The average Bonchev–Trinajstić information content (AvgIpc) is 3.22. The molecule has 1 amide bonds. The predicted octanol–water partition coefficient (Wildman–Crippen LogP) is 2.54. The van der Waals surface area contributed by atoms with E-state index in [0.717, 1.165) is 22.0 Å². The van der Waals surface area contributed by atoms with Crippen molar-refractivity contribution in [2.24, 2.45) is 7.05 Å². The van der Waals surface area contributed by atoms with Crippen LogP contribution in [0, 0.1) is 0 Å². The minimum absolute atomic E-state index is 0.0750. The third-order valence-corrected chi connectivity index (χ3v) is 3.94. The maximum Gasteiger partial charge on any atom is 0.228 e. The number of anilines is 1. The third kappa shape index (κ3) is 3.12. The van der Waals surface area contributed by atoms with Crippen LogP contribution in [0.5, 0.6) is 0 Å². The zero-order valence-corrected chi connectivity index (χ0v) is 13.6. The summed E-state index contributed by atoms with van der Waals surface area (Å²) in [5.41, 5.74) is 3.51. The second-order valence-corrected chi connectivity index (χ2v) is 5.77. The number of aryl methyl sites for hydroxylation is 1. The summed E-state index contributed by atoms with van der Waals surface area (Å²) in [5, 5.41) is 16.0. The molecular formula is C18H16N6O. The second kappa shape index (κ2) is 6.20. The number of aromatic amines is 1. The summed E-state index contributed by atoms with van der Waals surface area (Å²) in [5.74, 6) is 0.448. The maximum atomic E-state index is 12.4. The highest BCUT2D eigenvalue weighted by atomic mass is 16.1. The lowest BCUT2D eigenvalue weighted by Crippen LogP contribution is -2.14. The quantitative estimate of drug-likeness (QED) is 0.601. The molecule has 2 heterocycles. The highest BCUT2D eigenvalue weighted by molar-refractivity contribution is 5.96.